The maximum Gasteiger partial charge on any atom is 0.186 e. The molecule has 0 radical (unpaired) electrons. The van der Waals surface area contributed by atoms with Gasteiger partial charge in [-0.2, -0.15) is 0 Å². The van der Waals surface area contributed by atoms with Crippen LogP contribution in [-0.4, -0.2) is 14.9 Å². The van der Waals surface area contributed by atoms with E-state index in [1.807, 2.05) is 36.4 Å². The molecule has 1 nitrogen and oxygen atoms in total. The van der Waals surface area contributed by atoms with Crippen molar-refractivity contribution in [3.63, 3.8) is 0 Å². The van der Waals surface area contributed by atoms with Crippen LogP contribution >= 0.6 is 0 Å². The van der Waals surface area contributed by atoms with Crippen molar-refractivity contribution >= 4 is 14.4 Å². The summed E-state index contributed by atoms with van der Waals surface area (Å²) in [6.07, 6.45) is 4.52. The molecule has 2 heteroatoms. The molecule has 1 aliphatic heterocycles. The van der Waals surface area contributed by atoms with E-state index >= 15 is 0 Å². The minimum atomic E-state index is -1.09. The molecule has 0 spiro atoms. The van der Waals surface area contributed by atoms with Crippen LogP contribution in [0.1, 0.15) is 18.4 Å². The second kappa shape index (κ2) is 6.66. The summed E-state index contributed by atoms with van der Waals surface area (Å²) in [6.45, 7) is 9.25. The smallest absolute Gasteiger partial charge is 0.186 e. The van der Waals surface area contributed by atoms with Crippen LogP contribution in [-0.2, 0) is 4.43 Å². The average molecular weight is 234 g/mol. The molecule has 0 N–H and O–H groups in total. The van der Waals surface area contributed by atoms with Crippen LogP contribution in [0.5, 0.6) is 0 Å². The highest BCUT2D eigenvalue weighted by Crippen LogP contribution is 2.20. The summed E-state index contributed by atoms with van der Waals surface area (Å²) < 4.78 is 5.60. The normalized spacial score (nSPS) is 18.1. The Labute approximate surface area is 100 Å². The van der Waals surface area contributed by atoms with Gasteiger partial charge in [-0.05, 0) is 31.1 Å². The van der Waals surface area contributed by atoms with E-state index in [4.69, 9.17) is 4.43 Å². The van der Waals surface area contributed by atoms with Crippen LogP contribution in [0.4, 0.5) is 0 Å². The molecule has 0 bridgehead atoms. The van der Waals surface area contributed by atoms with Gasteiger partial charge in [-0.25, -0.2) is 0 Å². The van der Waals surface area contributed by atoms with E-state index in [9.17, 15) is 0 Å². The summed E-state index contributed by atoms with van der Waals surface area (Å²) in [4.78, 5) is 0. The third kappa shape index (κ3) is 5.28. The van der Waals surface area contributed by atoms with Gasteiger partial charge in [0.2, 0.25) is 0 Å². The third-order valence-electron chi connectivity index (χ3n) is 2.70. The Morgan fingerprint density at radius 1 is 1.19 bits per heavy atom. The van der Waals surface area contributed by atoms with Gasteiger partial charge in [-0.3, -0.25) is 0 Å². The minimum absolute atomic E-state index is 1.03. The van der Waals surface area contributed by atoms with Crippen molar-refractivity contribution in [1.82, 2.24) is 0 Å². The van der Waals surface area contributed by atoms with Crippen molar-refractivity contribution in [3.05, 3.63) is 42.5 Å². The second-order valence-corrected chi connectivity index (χ2v) is 8.99. The van der Waals surface area contributed by atoms with Crippen LogP contribution in [0.15, 0.2) is 36.9 Å². The molecule has 0 atom stereocenters. The van der Waals surface area contributed by atoms with Gasteiger partial charge in [0.25, 0.3) is 0 Å². The molecule has 1 aromatic carbocycles. The third-order valence-corrected chi connectivity index (χ3v) is 5.24. The fourth-order valence-electron chi connectivity index (χ4n) is 1.66. The summed E-state index contributed by atoms with van der Waals surface area (Å²) in [7, 11) is -1.09. The molecule has 0 aromatic heterocycles. The standard InChI is InChI=1S/C8H8.C6H14OSi/c1-2-8-6-4-3-5-7-8;1-8(2)6-4-3-5-7-8/h2-7H,1H2;3-6H2,1-2H3. The van der Waals surface area contributed by atoms with E-state index in [-0.39, 0.29) is 0 Å². The molecule has 1 aliphatic rings. The van der Waals surface area contributed by atoms with Crippen LogP contribution in [0.2, 0.25) is 19.1 Å². The molecule has 1 aromatic rings. The topological polar surface area (TPSA) is 9.23 Å². The lowest BCUT2D eigenvalue weighted by Gasteiger charge is -2.27. The Morgan fingerprint density at radius 3 is 2.19 bits per heavy atom. The first-order chi connectivity index (χ1) is 7.64. The largest absolute Gasteiger partial charge is 0.417 e. The molecule has 1 saturated heterocycles. The van der Waals surface area contributed by atoms with E-state index in [1.54, 1.807) is 0 Å². The van der Waals surface area contributed by atoms with Crippen molar-refractivity contribution in [2.24, 2.45) is 0 Å². The van der Waals surface area contributed by atoms with Gasteiger partial charge in [-0.15, -0.1) is 0 Å². The predicted octanol–water partition coefficient (Wildman–Crippen LogP) is 4.33. The molecule has 0 aliphatic carbocycles. The maximum atomic E-state index is 5.60. The number of hydrogen-bond acceptors (Lipinski definition) is 1. The summed E-state index contributed by atoms with van der Waals surface area (Å²) in [5.74, 6) is 0. The molecular weight excluding hydrogens is 212 g/mol. The zero-order chi connectivity index (χ0) is 11.9. The lowest BCUT2D eigenvalue weighted by atomic mass is 10.2. The van der Waals surface area contributed by atoms with E-state index in [2.05, 4.69) is 19.7 Å². The first-order valence-electron chi connectivity index (χ1n) is 5.95. The van der Waals surface area contributed by atoms with Crippen LogP contribution in [0, 0.1) is 0 Å². The van der Waals surface area contributed by atoms with E-state index in [0.29, 0.717) is 0 Å². The average Bonchev–Trinajstić information content (AvgIpc) is 2.31. The van der Waals surface area contributed by atoms with Crippen molar-refractivity contribution in [1.29, 1.82) is 0 Å². The molecule has 88 valence electrons. The lowest BCUT2D eigenvalue weighted by molar-refractivity contribution is 0.275. The number of hydrogen-bond donors (Lipinski definition) is 0. The number of rotatable bonds is 1. The summed E-state index contributed by atoms with van der Waals surface area (Å²) in [5, 5.41) is 0. The van der Waals surface area contributed by atoms with Crippen LogP contribution in [0.3, 0.4) is 0 Å². The van der Waals surface area contributed by atoms with E-state index in [1.165, 1.54) is 24.4 Å². The molecule has 0 unspecified atom stereocenters. The Balaban J connectivity index is 0.000000160. The Bertz CT molecular complexity index is 298. The zero-order valence-corrected chi connectivity index (χ0v) is 11.4. The van der Waals surface area contributed by atoms with Gasteiger partial charge in [-0.1, -0.05) is 49.4 Å². The predicted molar refractivity (Wildman–Crippen MR) is 74.0 cm³/mol. The molecular formula is C14H22OSi. The second-order valence-electron chi connectivity index (χ2n) is 4.68. The minimum Gasteiger partial charge on any atom is -0.417 e. The summed E-state index contributed by atoms with van der Waals surface area (Å²) in [5.41, 5.74) is 1.17. The highest BCUT2D eigenvalue weighted by molar-refractivity contribution is 6.71. The lowest BCUT2D eigenvalue weighted by Crippen LogP contribution is -2.33. The van der Waals surface area contributed by atoms with E-state index in [0.717, 1.165) is 6.61 Å². The van der Waals surface area contributed by atoms with Gasteiger partial charge in [0.15, 0.2) is 8.32 Å². The first-order valence-corrected chi connectivity index (χ1v) is 9.07. The van der Waals surface area contributed by atoms with Crippen LogP contribution in [0.25, 0.3) is 6.08 Å². The molecule has 2 rings (SSSR count). The fraction of sp³-hybridized carbons (Fsp3) is 0.429. The zero-order valence-electron chi connectivity index (χ0n) is 10.4. The van der Waals surface area contributed by atoms with Crippen LogP contribution < -0.4 is 0 Å². The summed E-state index contributed by atoms with van der Waals surface area (Å²) >= 11 is 0. The van der Waals surface area contributed by atoms with Gasteiger partial charge in [0, 0.05) is 6.61 Å². The highest BCUT2D eigenvalue weighted by atomic mass is 28.4. The van der Waals surface area contributed by atoms with Crippen molar-refractivity contribution in [2.75, 3.05) is 6.61 Å². The molecule has 1 heterocycles. The molecule has 16 heavy (non-hydrogen) atoms. The van der Waals surface area contributed by atoms with Gasteiger partial charge >= 0.3 is 0 Å². The monoisotopic (exact) mass is 234 g/mol. The van der Waals surface area contributed by atoms with Gasteiger partial charge in [0.05, 0.1) is 0 Å². The Kier molecular flexibility index (Phi) is 5.50. The van der Waals surface area contributed by atoms with Crippen molar-refractivity contribution in [2.45, 2.75) is 32.0 Å². The highest BCUT2D eigenvalue weighted by Gasteiger charge is 2.24. The Morgan fingerprint density at radius 2 is 1.88 bits per heavy atom. The van der Waals surface area contributed by atoms with Crippen molar-refractivity contribution < 1.29 is 4.43 Å². The summed E-state index contributed by atoms with van der Waals surface area (Å²) in [6, 6.07) is 11.4. The quantitative estimate of drug-likeness (QED) is 0.657. The van der Waals surface area contributed by atoms with Gasteiger partial charge < -0.3 is 4.43 Å². The number of benzene rings is 1. The maximum absolute atomic E-state index is 5.60. The molecule has 0 amide bonds. The Hall–Kier alpha value is -0.863. The van der Waals surface area contributed by atoms with Crippen molar-refractivity contribution in [3.8, 4) is 0 Å². The van der Waals surface area contributed by atoms with E-state index < -0.39 is 8.32 Å². The van der Waals surface area contributed by atoms with Gasteiger partial charge in [0.1, 0.15) is 0 Å². The molecule has 1 fully saturated rings. The first kappa shape index (κ1) is 13.2. The fourth-order valence-corrected chi connectivity index (χ4v) is 3.61. The SMILES string of the molecule is C=Cc1ccccc1.C[Si]1(C)CCCCO1. The molecule has 0 saturated carbocycles.